The van der Waals surface area contributed by atoms with E-state index in [-0.39, 0.29) is 29.7 Å². The van der Waals surface area contributed by atoms with E-state index in [1.54, 1.807) is 4.90 Å². The van der Waals surface area contributed by atoms with E-state index in [1.807, 2.05) is 29.2 Å². The van der Waals surface area contributed by atoms with Crippen molar-refractivity contribution in [2.75, 3.05) is 45.8 Å². The second-order valence-corrected chi connectivity index (χ2v) is 11.8. The summed E-state index contributed by atoms with van der Waals surface area (Å²) in [6.45, 7) is 1.66. The molecule has 1 amide bonds. The fourth-order valence-electron chi connectivity index (χ4n) is 6.14. The molecule has 3 aromatic rings. The molecule has 0 aliphatic carbocycles. The van der Waals surface area contributed by atoms with Gasteiger partial charge in [0.1, 0.15) is 11.6 Å². The molecule has 43 heavy (non-hydrogen) atoms. The van der Waals surface area contributed by atoms with E-state index in [2.05, 4.69) is 33.9 Å². The number of hydrogen-bond donors (Lipinski definition) is 1. The van der Waals surface area contributed by atoms with Crippen LogP contribution in [0.3, 0.4) is 0 Å². The topological polar surface area (TPSA) is 62.0 Å². The van der Waals surface area contributed by atoms with E-state index in [0.717, 1.165) is 43.9 Å². The Morgan fingerprint density at radius 2 is 1.65 bits per heavy atom. The summed E-state index contributed by atoms with van der Waals surface area (Å²) in [5.41, 5.74) is 10.2. The van der Waals surface area contributed by atoms with Crippen LogP contribution in [0.5, 0.6) is 5.75 Å². The SMILES string of the molecule is N[C@@H](C(=O)N1CCN(Cc2c(F)cccc2OC(F)F)CC1)C1CCN(CCc2cc(Cl)ccc2-c2ccccc2)CC1. The molecule has 6 nitrogen and oxygen atoms in total. The van der Waals surface area contributed by atoms with Gasteiger partial charge in [-0.3, -0.25) is 9.69 Å². The van der Waals surface area contributed by atoms with Crippen molar-refractivity contribution in [2.24, 2.45) is 11.7 Å². The zero-order valence-electron chi connectivity index (χ0n) is 24.1. The maximum atomic E-state index is 14.4. The molecule has 230 valence electrons. The van der Waals surface area contributed by atoms with Gasteiger partial charge in [0, 0.05) is 49.9 Å². The number of hydrogen-bond acceptors (Lipinski definition) is 5. The van der Waals surface area contributed by atoms with E-state index in [0.29, 0.717) is 26.2 Å². The first kappa shape index (κ1) is 31.3. The minimum absolute atomic E-state index is 0.0582. The first-order valence-electron chi connectivity index (χ1n) is 14.8. The normalized spacial score (nSPS) is 17.8. The number of halogens is 4. The zero-order chi connectivity index (χ0) is 30.3. The van der Waals surface area contributed by atoms with Crippen LogP contribution >= 0.6 is 11.6 Å². The Balaban J connectivity index is 1.08. The Kier molecular flexibility index (Phi) is 10.6. The number of carbonyl (C=O) groups excluding carboxylic acids is 1. The Labute approximate surface area is 256 Å². The van der Waals surface area contributed by atoms with Crippen LogP contribution in [-0.2, 0) is 17.8 Å². The first-order chi connectivity index (χ1) is 20.8. The summed E-state index contributed by atoms with van der Waals surface area (Å²) < 4.78 is 44.5. The van der Waals surface area contributed by atoms with E-state index in [9.17, 15) is 18.0 Å². The molecular weight excluding hydrogens is 577 g/mol. The van der Waals surface area contributed by atoms with Gasteiger partial charge in [-0.2, -0.15) is 8.78 Å². The van der Waals surface area contributed by atoms with Crippen LogP contribution in [-0.4, -0.2) is 79.1 Å². The maximum Gasteiger partial charge on any atom is 0.387 e. The molecule has 2 N–H and O–H groups in total. The number of nitrogens with zero attached hydrogens (tertiary/aromatic N) is 3. The minimum Gasteiger partial charge on any atom is -0.434 e. The monoisotopic (exact) mass is 614 g/mol. The van der Waals surface area contributed by atoms with Crippen LogP contribution in [0, 0.1) is 11.7 Å². The van der Waals surface area contributed by atoms with Crippen molar-refractivity contribution in [3.05, 3.63) is 88.7 Å². The number of piperazine rings is 1. The Hall–Kier alpha value is -3.11. The second-order valence-electron chi connectivity index (χ2n) is 11.3. The van der Waals surface area contributed by atoms with E-state index in [4.69, 9.17) is 17.3 Å². The van der Waals surface area contributed by atoms with Crippen molar-refractivity contribution < 1.29 is 22.7 Å². The first-order valence-corrected chi connectivity index (χ1v) is 15.2. The highest BCUT2D eigenvalue weighted by Gasteiger charge is 2.33. The van der Waals surface area contributed by atoms with E-state index < -0.39 is 18.5 Å². The van der Waals surface area contributed by atoms with Gasteiger partial charge < -0.3 is 20.3 Å². The number of benzene rings is 3. The summed E-state index contributed by atoms with van der Waals surface area (Å²) in [6.07, 6.45) is 2.59. The van der Waals surface area contributed by atoms with Gasteiger partial charge in [0.05, 0.1) is 6.04 Å². The van der Waals surface area contributed by atoms with Crippen LogP contribution in [0.25, 0.3) is 11.1 Å². The maximum absolute atomic E-state index is 14.4. The van der Waals surface area contributed by atoms with Crippen molar-refractivity contribution in [3.8, 4) is 16.9 Å². The number of ether oxygens (including phenoxy) is 1. The van der Waals surface area contributed by atoms with Gasteiger partial charge in [0.25, 0.3) is 0 Å². The lowest BCUT2D eigenvalue weighted by molar-refractivity contribution is -0.136. The molecule has 2 aliphatic rings. The van der Waals surface area contributed by atoms with Crippen LogP contribution in [0.1, 0.15) is 24.0 Å². The molecule has 3 aromatic carbocycles. The van der Waals surface area contributed by atoms with Crippen molar-refractivity contribution in [1.82, 2.24) is 14.7 Å². The Morgan fingerprint density at radius 3 is 2.35 bits per heavy atom. The van der Waals surface area contributed by atoms with Gasteiger partial charge in [-0.05, 0) is 79.2 Å². The van der Waals surface area contributed by atoms with Crippen LogP contribution in [0.4, 0.5) is 13.2 Å². The molecule has 1 atom stereocenters. The van der Waals surface area contributed by atoms with Gasteiger partial charge in [-0.25, -0.2) is 4.39 Å². The summed E-state index contributed by atoms with van der Waals surface area (Å²) in [4.78, 5) is 19.4. The molecule has 2 heterocycles. The van der Waals surface area contributed by atoms with Crippen molar-refractivity contribution >= 4 is 17.5 Å². The third-order valence-electron chi connectivity index (χ3n) is 8.63. The molecule has 0 bridgehead atoms. The number of nitrogens with two attached hydrogens (primary N) is 1. The lowest BCUT2D eigenvalue weighted by Crippen LogP contribution is -2.55. The van der Waals surface area contributed by atoms with E-state index >= 15 is 0 Å². The summed E-state index contributed by atoms with van der Waals surface area (Å²) in [5.74, 6) is -0.697. The predicted octanol–water partition coefficient (Wildman–Crippen LogP) is 5.67. The average Bonchev–Trinajstić information content (AvgIpc) is 3.02. The van der Waals surface area contributed by atoms with Crippen LogP contribution < -0.4 is 10.5 Å². The summed E-state index contributed by atoms with van der Waals surface area (Å²) in [5, 5.41) is 0.733. The smallest absolute Gasteiger partial charge is 0.387 e. The molecule has 0 spiro atoms. The summed E-state index contributed by atoms with van der Waals surface area (Å²) in [7, 11) is 0. The molecular formula is C33H38ClF3N4O2. The standard InChI is InChI=1S/C33H38ClF3N4O2/c34-26-9-10-27(23-5-2-1-3-6-23)25(21-26)13-16-39-14-11-24(12-15-39)31(38)32(42)41-19-17-40(18-20-41)22-28-29(35)7-4-8-30(28)43-33(36)37/h1-10,21,24,31,33H,11-20,22,38H2/t31-/m1/s1. The molecule has 0 saturated carbocycles. The quantitative estimate of drug-likeness (QED) is 0.319. The lowest BCUT2D eigenvalue weighted by atomic mass is 9.88. The fourth-order valence-corrected chi connectivity index (χ4v) is 6.34. The number of piperidine rings is 1. The van der Waals surface area contributed by atoms with Gasteiger partial charge in [0.2, 0.25) is 5.91 Å². The number of likely N-dealkylation sites (tertiary alicyclic amines) is 1. The average molecular weight is 615 g/mol. The highest BCUT2D eigenvalue weighted by molar-refractivity contribution is 6.30. The van der Waals surface area contributed by atoms with Crippen LogP contribution in [0.2, 0.25) is 5.02 Å². The predicted molar refractivity (Wildman–Crippen MR) is 163 cm³/mol. The fraction of sp³-hybridized carbons (Fsp3) is 0.424. The highest BCUT2D eigenvalue weighted by atomic mass is 35.5. The molecule has 0 aromatic heterocycles. The van der Waals surface area contributed by atoms with Crippen molar-refractivity contribution in [3.63, 3.8) is 0 Å². The summed E-state index contributed by atoms with van der Waals surface area (Å²) in [6, 6.07) is 19.7. The van der Waals surface area contributed by atoms with Crippen molar-refractivity contribution in [2.45, 2.75) is 38.5 Å². The molecule has 2 fully saturated rings. The van der Waals surface area contributed by atoms with Gasteiger partial charge in [-0.15, -0.1) is 0 Å². The number of alkyl halides is 2. The third-order valence-corrected chi connectivity index (χ3v) is 8.87. The van der Waals surface area contributed by atoms with Crippen molar-refractivity contribution in [1.29, 1.82) is 0 Å². The molecule has 0 unspecified atom stereocenters. The number of amides is 1. The molecule has 2 saturated heterocycles. The summed E-state index contributed by atoms with van der Waals surface area (Å²) >= 11 is 6.34. The third kappa shape index (κ3) is 8.09. The molecule has 5 rings (SSSR count). The van der Waals surface area contributed by atoms with Crippen LogP contribution in [0.15, 0.2) is 66.7 Å². The lowest BCUT2D eigenvalue weighted by Gasteiger charge is -2.39. The van der Waals surface area contributed by atoms with Gasteiger partial charge in [-0.1, -0.05) is 54.1 Å². The Morgan fingerprint density at radius 1 is 0.930 bits per heavy atom. The molecule has 0 radical (unpaired) electrons. The van der Waals surface area contributed by atoms with Gasteiger partial charge in [0.15, 0.2) is 0 Å². The number of carbonyl (C=O) groups is 1. The Bertz CT molecular complexity index is 1360. The largest absolute Gasteiger partial charge is 0.434 e. The van der Waals surface area contributed by atoms with Gasteiger partial charge >= 0.3 is 6.61 Å². The molecule has 10 heteroatoms. The minimum atomic E-state index is -3.03. The highest BCUT2D eigenvalue weighted by Crippen LogP contribution is 2.29. The second kappa shape index (κ2) is 14.6. The van der Waals surface area contributed by atoms with E-state index in [1.165, 1.54) is 34.9 Å². The molecule has 2 aliphatic heterocycles. The number of rotatable bonds is 10. The zero-order valence-corrected chi connectivity index (χ0v) is 24.9.